The molecule has 0 aliphatic heterocycles. The third-order valence-corrected chi connectivity index (χ3v) is 3.04. The van der Waals surface area contributed by atoms with Crippen LogP contribution in [0.4, 0.5) is 0 Å². The first kappa shape index (κ1) is 11.8. The quantitative estimate of drug-likeness (QED) is 0.705. The Morgan fingerprint density at radius 1 is 1.43 bits per heavy atom. The highest BCUT2D eigenvalue weighted by atomic mass is 32.1. The van der Waals surface area contributed by atoms with E-state index in [1.807, 2.05) is 0 Å². The van der Waals surface area contributed by atoms with Crippen molar-refractivity contribution in [3.8, 4) is 0 Å². The standard InChI is InChI=1S/C11H22N2S/c1-8(2)13-11(14)12-7-10-5-4-9(3)6-10/h8-10H,4-7H2,1-3H3,(H2,12,13,14). The number of rotatable bonds is 3. The largest absolute Gasteiger partial charge is 0.362 e. The molecule has 14 heavy (non-hydrogen) atoms. The minimum atomic E-state index is 0.428. The maximum Gasteiger partial charge on any atom is 0.166 e. The fourth-order valence-corrected chi connectivity index (χ4v) is 2.38. The average Bonchev–Trinajstić information content (AvgIpc) is 2.47. The SMILES string of the molecule is CC1CCC(CNC(=S)NC(C)C)C1. The molecule has 0 amide bonds. The van der Waals surface area contributed by atoms with Crippen molar-refractivity contribution in [2.24, 2.45) is 11.8 Å². The van der Waals surface area contributed by atoms with Gasteiger partial charge in [-0.15, -0.1) is 0 Å². The molecule has 1 aliphatic carbocycles. The van der Waals surface area contributed by atoms with Crippen LogP contribution in [0, 0.1) is 11.8 Å². The highest BCUT2D eigenvalue weighted by molar-refractivity contribution is 7.80. The summed E-state index contributed by atoms with van der Waals surface area (Å²) in [6.07, 6.45) is 4.10. The van der Waals surface area contributed by atoms with E-state index in [0.29, 0.717) is 6.04 Å². The van der Waals surface area contributed by atoms with E-state index in [1.54, 1.807) is 0 Å². The lowest BCUT2D eigenvalue weighted by atomic mass is 10.1. The molecule has 1 saturated carbocycles. The second kappa shape index (κ2) is 5.54. The van der Waals surface area contributed by atoms with Crippen molar-refractivity contribution < 1.29 is 0 Å². The molecule has 2 atom stereocenters. The van der Waals surface area contributed by atoms with Gasteiger partial charge in [0.1, 0.15) is 0 Å². The van der Waals surface area contributed by atoms with Gasteiger partial charge in [0.05, 0.1) is 0 Å². The third-order valence-electron chi connectivity index (χ3n) is 2.77. The van der Waals surface area contributed by atoms with E-state index in [2.05, 4.69) is 31.4 Å². The predicted molar refractivity (Wildman–Crippen MR) is 65.4 cm³/mol. The van der Waals surface area contributed by atoms with Crippen molar-refractivity contribution in [1.29, 1.82) is 0 Å². The summed E-state index contributed by atoms with van der Waals surface area (Å²) < 4.78 is 0. The molecule has 1 aliphatic rings. The lowest BCUT2D eigenvalue weighted by molar-refractivity contribution is 0.504. The van der Waals surface area contributed by atoms with Crippen LogP contribution in [0.2, 0.25) is 0 Å². The Bertz CT molecular complexity index is 192. The minimum Gasteiger partial charge on any atom is -0.362 e. The van der Waals surface area contributed by atoms with Crippen molar-refractivity contribution in [2.45, 2.75) is 46.1 Å². The third kappa shape index (κ3) is 4.27. The molecule has 0 spiro atoms. The zero-order chi connectivity index (χ0) is 10.6. The van der Waals surface area contributed by atoms with Crippen molar-refractivity contribution >= 4 is 17.3 Å². The first-order valence-corrected chi connectivity index (χ1v) is 6.03. The van der Waals surface area contributed by atoms with E-state index in [9.17, 15) is 0 Å². The Morgan fingerprint density at radius 2 is 2.14 bits per heavy atom. The van der Waals surface area contributed by atoms with Crippen LogP contribution in [0.25, 0.3) is 0 Å². The van der Waals surface area contributed by atoms with Crippen LogP contribution in [0.3, 0.4) is 0 Å². The normalized spacial score (nSPS) is 26.6. The zero-order valence-electron chi connectivity index (χ0n) is 9.47. The van der Waals surface area contributed by atoms with Crippen molar-refractivity contribution in [3.05, 3.63) is 0 Å². The molecule has 82 valence electrons. The lowest BCUT2D eigenvalue weighted by Crippen LogP contribution is -2.40. The molecular weight excluding hydrogens is 192 g/mol. The van der Waals surface area contributed by atoms with Gasteiger partial charge in [-0.1, -0.05) is 13.3 Å². The van der Waals surface area contributed by atoms with Crippen LogP contribution in [0.1, 0.15) is 40.0 Å². The van der Waals surface area contributed by atoms with Gasteiger partial charge in [0.2, 0.25) is 0 Å². The molecular formula is C11H22N2S. The van der Waals surface area contributed by atoms with Gasteiger partial charge in [-0.3, -0.25) is 0 Å². The van der Waals surface area contributed by atoms with Crippen molar-refractivity contribution in [3.63, 3.8) is 0 Å². The molecule has 0 heterocycles. The van der Waals surface area contributed by atoms with E-state index in [-0.39, 0.29) is 0 Å². The summed E-state index contributed by atoms with van der Waals surface area (Å²) in [5, 5.41) is 7.30. The average molecular weight is 214 g/mol. The Morgan fingerprint density at radius 3 is 2.64 bits per heavy atom. The zero-order valence-corrected chi connectivity index (χ0v) is 10.3. The van der Waals surface area contributed by atoms with Gasteiger partial charge in [0, 0.05) is 12.6 Å². The van der Waals surface area contributed by atoms with Crippen LogP contribution in [-0.2, 0) is 0 Å². The van der Waals surface area contributed by atoms with Crippen LogP contribution in [0.5, 0.6) is 0 Å². The summed E-state index contributed by atoms with van der Waals surface area (Å²) >= 11 is 5.17. The summed E-state index contributed by atoms with van der Waals surface area (Å²) in [6, 6.07) is 0.428. The van der Waals surface area contributed by atoms with Gasteiger partial charge in [-0.25, -0.2) is 0 Å². The fourth-order valence-electron chi connectivity index (χ4n) is 2.06. The molecule has 0 bridgehead atoms. The molecule has 0 saturated heterocycles. The second-order valence-corrected chi connectivity index (χ2v) is 5.20. The molecule has 0 aromatic carbocycles. The first-order chi connectivity index (χ1) is 6.58. The maximum atomic E-state index is 5.17. The molecule has 0 aromatic heterocycles. The second-order valence-electron chi connectivity index (χ2n) is 4.79. The smallest absolute Gasteiger partial charge is 0.166 e. The van der Waals surface area contributed by atoms with Gasteiger partial charge in [0.15, 0.2) is 5.11 Å². The first-order valence-electron chi connectivity index (χ1n) is 5.62. The predicted octanol–water partition coefficient (Wildman–Crippen LogP) is 2.30. The molecule has 3 heteroatoms. The number of nitrogens with one attached hydrogen (secondary N) is 2. The Kier molecular flexibility index (Phi) is 4.66. The van der Waals surface area contributed by atoms with E-state index in [1.165, 1.54) is 19.3 Å². The van der Waals surface area contributed by atoms with E-state index >= 15 is 0 Å². The summed E-state index contributed by atoms with van der Waals surface area (Å²) in [4.78, 5) is 0. The molecule has 1 fully saturated rings. The monoisotopic (exact) mass is 214 g/mol. The van der Waals surface area contributed by atoms with E-state index in [0.717, 1.165) is 23.5 Å². The lowest BCUT2D eigenvalue weighted by Gasteiger charge is -2.16. The van der Waals surface area contributed by atoms with Crippen LogP contribution in [0.15, 0.2) is 0 Å². The van der Waals surface area contributed by atoms with Crippen LogP contribution >= 0.6 is 12.2 Å². The summed E-state index contributed by atoms with van der Waals surface area (Å²) in [5.41, 5.74) is 0. The number of hydrogen-bond acceptors (Lipinski definition) is 1. The molecule has 2 N–H and O–H groups in total. The summed E-state index contributed by atoms with van der Waals surface area (Å²) in [5.74, 6) is 1.74. The van der Waals surface area contributed by atoms with Gasteiger partial charge in [-0.2, -0.15) is 0 Å². The Hall–Kier alpha value is -0.310. The minimum absolute atomic E-state index is 0.428. The van der Waals surface area contributed by atoms with Gasteiger partial charge in [-0.05, 0) is 50.7 Å². The van der Waals surface area contributed by atoms with Crippen molar-refractivity contribution in [2.75, 3.05) is 6.54 Å². The summed E-state index contributed by atoms with van der Waals surface area (Å²) in [6.45, 7) is 7.59. The highest BCUT2D eigenvalue weighted by Crippen LogP contribution is 2.29. The van der Waals surface area contributed by atoms with Crippen LogP contribution < -0.4 is 10.6 Å². The molecule has 2 nitrogen and oxygen atoms in total. The number of thiocarbonyl (C=S) groups is 1. The highest BCUT2D eigenvalue weighted by Gasteiger charge is 2.20. The Balaban J connectivity index is 2.11. The van der Waals surface area contributed by atoms with Crippen LogP contribution in [-0.4, -0.2) is 17.7 Å². The Labute approximate surface area is 92.8 Å². The molecule has 1 rings (SSSR count). The van der Waals surface area contributed by atoms with Crippen molar-refractivity contribution in [1.82, 2.24) is 10.6 Å². The van der Waals surface area contributed by atoms with Gasteiger partial charge >= 0.3 is 0 Å². The van der Waals surface area contributed by atoms with Gasteiger partial charge < -0.3 is 10.6 Å². The fraction of sp³-hybridized carbons (Fsp3) is 0.909. The number of hydrogen-bond donors (Lipinski definition) is 2. The molecule has 0 aromatic rings. The topological polar surface area (TPSA) is 24.1 Å². The molecule has 2 unspecified atom stereocenters. The van der Waals surface area contributed by atoms with E-state index < -0.39 is 0 Å². The van der Waals surface area contributed by atoms with Gasteiger partial charge in [0.25, 0.3) is 0 Å². The van der Waals surface area contributed by atoms with E-state index in [4.69, 9.17) is 12.2 Å². The maximum absolute atomic E-state index is 5.17. The summed E-state index contributed by atoms with van der Waals surface area (Å²) in [7, 11) is 0. The molecule has 0 radical (unpaired) electrons.